The number of aromatic hydroxyl groups is 1. The molecule has 1 atom stereocenters. The molecule has 0 saturated carbocycles. The number of anilines is 1. The van der Waals surface area contributed by atoms with Crippen LogP contribution in [0.1, 0.15) is 24.5 Å². The van der Waals surface area contributed by atoms with Crippen LogP contribution in [0, 0.1) is 5.92 Å². The molecule has 6 nitrogen and oxygen atoms in total. The smallest absolute Gasteiger partial charge is 0.240 e. The summed E-state index contributed by atoms with van der Waals surface area (Å²) in [4.78, 5) is 11.3. The molecule has 1 amide bonds. The number of rotatable bonds is 4. The summed E-state index contributed by atoms with van der Waals surface area (Å²) in [6.45, 7) is 1.99. The number of hydrazone groups is 2. The van der Waals surface area contributed by atoms with Gasteiger partial charge in [-0.1, -0.05) is 19.1 Å². The summed E-state index contributed by atoms with van der Waals surface area (Å²) in [5, 5.41) is 17.5. The number of benzene rings is 2. The summed E-state index contributed by atoms with van der Waals surface area (Å²) < 4.78 is 0. The highest BCUT2D eigenvalue weighted by Crippen LogP contribution is 2.18. The van der Waals surface area contributed by atoms with Crippen LogP contribution < -0.4 is 10.9 Å². The molecular weight excluding hydrogens is 304 g/mol. The van der Waals surface area contributed by atoms with E-state index in [1.165, 1.54) is 0 Å². The minimum Gasteiger partial charge on any atom is -0.508 e. The second kappa shape index (κ2) is 6.95. The fourth-order valence-corrected chi connectivity index (χ4v) is 2.46. The van der Waals surface area contributed by atoms with Crippen LogP contribution in [0.15, 0.2) is 58.7 Å². The Morgan fingerprint density at radius 1 is 1.21 bits per heavy atom. The first-order valence-electron chi connectivity index (χ1n) is 7.67. The van der Waals surface area contributed by atoms with Gasteiger partial charge in [-0.2, -0.15) is 10.2 Å². The van der Waals surface area contributed by atoms with Crippen molar-refractivity contribution < 1.29 is 9.90 Å². The van der Waals surface area contributed by atoms with Gasteiger partial charge >= 0.3 is 0 Å². The molecule has 0 radical (unpaired) electrons. The average Bonchev–Trinajstić information content (AvgIpc) is 2.58. The number of nitrogens with zero attached hydrogens (tertiary/aromatic N) is 2. The maximum Gasteiger partial charge on any atom is 0.240 e. The molecular formula is C18H18N4O2. The van der Waals surface area contributed by atoms with Crippen LogP contribution in [0.4, 0.5) is 5.69 Å². The van der Waals surface area contributed by atoms with Crippen molar-refractivity contribution in [3.05, 3.63) is 59.7 Å². The molecule has 24 heavy (non-hydrogen) atoms. The maximum absolute atomic E-state index is 11.3. The van der Waals surface area contributed by atoms with Gasteiger partial charge in [0.25, 0.3) is 0 Å². The highest BCUT2D eigenvalue weighted by Gasteiger charge is 2.21. The lowest BCUT2D eigenvalue weighted by Crippen LogP contribution is -2.31. The Labute approximate surface area is 139 Å². The summed E-state index contributed by atoms with van der Waals surface area (Å²) in [6.07, 6.45) is 2.13. The van der Waals surface area contributed by atoms with Crippen LogP contribution in [-0.2, 0) is 4.79 Å². The van der Waals surface area contributed by atoms with Crippen molar-refractivity contribution >= 4 is 23.5 Å². The third-order valence-electron chi connectivity index (χ3n) is 3.74. The number of carbonyl (C=O) groups excluding carboxylic acids is 1. The molecule has 1 aliphatic rings. The molecule has 1 aliphatic heterocycles. The predicted molar refractivity (Wildman–Crippen MR) is 94.2 cm³/mol. The summed E-state index contributed by atoms with van der Waals surface area (Å²) in [7, 11) is 0. The van der Waals surface area contributed by atoms with Gasteiger partial charge in [-0.3, -0.25) is 10.2 Å². The van der Waals surface area contributed by atoms with Crippen LogP contribution in [0.25, 0.3) is 0 Å². The zero-order valence-electron chi connectivity index (χ0n) is 13.2. The van der Waals surface area contributed by atoms with E-state index in [2.05, 4.69) is 21.1 Å². The number of phenolic OH excluding ortho intramolecular Hbond substituents is 1. The van der Waals surface area contributed by atoms with Gasteiger partial charge in [0.05, 0.1) is 17.6 Å². The summed E-state index contributed by atoms with van der Waals surface area (Å²) in [5.41, 5.74) is 9.08. The van der Waals surface area contributed by atoms with Crippen molar-refractivity contribution in [2.45, 2.75) is 13.3 Å². The van der Waals surface area contributed by atoms with E-state index in [4.69, 9.17) is 0 Å². The number of phenols is 1. The lowest BCUT2D eigenvalue weighted by Gasteiger charge is -2.19. The minimum absolute atomic E-state index is 0.0481. The highest BCUT2D eigenvalue weighted by atomic mass is 16.3. The zero-order chi connectivity index (χ0) is 16.9. The van der Waals surface area contributed by atoms with Crippen molar-refractivity contribution in [1.29, 1.82) is 0 Å². The molecule has 1 unspecified atom stereocenters. The molecule has 2 aromatic rings. The van der Waals surface area contributed by atoms with E-state index in [0.29, 0.717) is 6.42 Å². The average molecular weight is 322 g/mol. The predicted octanol–water partition coefficient (Wildman–Crippen LogP) is 2.70. The standard InChI is InChI=1S/C18H18N4O2/c1-12-10-17(24)21-22-18(12)14-4-6-15(7-5-14)20-19-11-13-2-8-16(23)9-3-13/h2-9,11-12,20,23H,10H2,1H3,(H,21,24). The summed E-state index contributed by atoms with van der Waals surface area (Å²) in [6, 6.07) is 14.5. The monoisotopic (exact) mass is 322 g/mol. The summed E-state index contributed by atoms with van der Waals surface area (Å²) >= 11 is 0. The second-order valence-corrected chi connectivity index (χ2v) is 5.68. The SMILES string of the molecule is CC1CC(=O)NN=C1c1ccc(NN=Cc2ccc(O)cc2)cc1. The Hall–Kier alpha value is -3.15. The van der Waals surface area contributed by atoms with Gasteiger partial charge in [0.15, 0.2) is 0 Å². The number of carbonyl (C=O) groups is 1. The second-order valence-electron chi connectivity index (χ2n) is 5.68. The van der Waals surface area contributed by atoms with Crippen molar-refractivity contribution in [2.24, 2.45) is 16.1 Å². The molecule has 0 bridgehead atoms. The van der Waals surface area contributed by atoms with E-state index < -0.39 is 0 Å². The quantitative estimate of drug-likeness (QED) is 0.597. The molecule has 0 aliphatic carbocycles. The Bertz CT molecular complexity index is 780. The number of amides is 1. The molecule has 0 fully saturated rings. The fourth-order valence-electron chi connectivity index (χ4n) is 2.46. The number of nitrogens with one attached hydrogen (secondary N) is 2. The van der Waals surface area contributed by atoms with Gasteiger partial charge < -0.3 is 5.11 Å². The van der Waals surface area contributed by atoms with Gasteiger partial charge in [0.1, 0.15) is 5.75 Å². The van der Waals surface area contributed by atoms with Crippen molar-refractivity contribution in [1.82, 2.24) is 5.43 Å². The molecule has 0 aromatic heterocycles. The van der Waals surface area contributed by atoms with Crippen LogP contribution in [0.2, 0.25) is 0 Å². The molecule has 0 spiro atoms. The molecule has 3 rings (SSSR count). The van der Waals surface area contributed by atoms with E-state index in [-0.39, 0.29) is 17.6 Å². The van der Waals surface area contributed by atoms with Crippen molar-refractivity contribution in [3.8, 4) is 5.75 Å². The van der Waals surface area contributed by atoms with E-state index in [0.717, 1.165) is 22.5 Å². The van der Waals surface area contributed by atoms with E-state index in [9.17, 15) is 9.90 Å². The van der Waals surface area contributed by atoms with Crippen LogP contribution in [0.5, 0.6) is 5.75 Å². The first-order chi connectivity index (χ1) is 11.6. The van der Waals surface area contributed by atoms with Gasteiger partial charge in [0.2, 0.25) is 5.91 Å². The molecule has 3 N–H and O–H groups in total. The van der Waals surface area contributed by atoms with E-state index in [1.54, 1.807) is 30.5 Å². The maximum atomic E-state index is 11.3. The first-order valence-corrected chi connectivity index (χ1v) is 7.67. The van der Waals surface area contributed by atoms with Crippen molar-refractivity contribution in [3.63, 3.8) is 0 Å². The molecule has 0 saturated heterocycles. The highest BCUT2D eigenvalue weighted by molar-refractivity contribution is 6.05. The zero-order valence-corrected chi connectivity index (χ0v) is 13.2. The Morgan fingerprint density at radius 3 is 2.58 bits per heavy atom. The summed E-state index contributed by atoms with van der Waals surface area (Å²) in [5.74, 6) is 0.282. The normalized spacial score (nSPS) is 17.5. The topological polar surface area (TPSA) is 86.1 Å². The lowest BCUT2D eigenvalue weighted by molar-refractivity contribution is -0.121. The van der Waals surface area contributed by atoms with E-state index in [1.807, 2.05) is 31.2 Å². The van der Waals surface area contributed by atoms with Gasteiger partial charge in [0, 0.05) is 12.3 Å². The van der Waals surface area contributed by atoms with Crippen LogP contribution in [0.3, 0.4) is 0 Å². The Balaban J connectivity index is 1.64. The molecule has 1 heterocycles. The van der Waals surface area contributed by atoms with E-state index >= 15 is 0 Å². The largest absolute Gasteiger partial charge is 0.508 e. The Morgan fingerprint density at radius 2 is 1.92 bits per heavy atom. The molecule has 122 valence electrons. The van der Waals surface area contributed by atoms with Gasteiger partial charge in [-0.15, -0.1) is 0 Å². The van der Waals surface area contributed by atoms with Gasteiger partial charge in [-0.25, -0.2) is 5.43 Å². The minimum atomic E-state index is -0.0481. The fraction of sp³-hybridized carbons (Fsp3) is 0.167. The molecule has 6 heteroatoms. The van der Waals surface area contributed by atoms with Crippen LogP contribution >= 0.6 is 0 Å². The van der Waals surface area contributed by atoms with Crippen molar-refractivity contribution in [2.75, 3.05) is 5.43 Å². The number of hydrogen-bond donors (Lipinski definition) is 3. The number of hydrogen-bond acceptors (Lipinski definition) is 5. The Kier molecular flexibility index (Phi) is 4.56. The molecule has 2 aromatic carbocycles. The third-order valence-corrected chi connectivity index (χ3v) is 3.74. The first kappa shape index (κ1) is 15.7. The third kappa shape index (κ3) is 3.78. The van der Waals surface area contributed by atoms with Gasteiger partial charge in [-0.05, 0) is 47.5 Å². The van der Waals surface area contributed by atoms with Crippen LogP contribution in [-0.4, -0.2) is 22.9 Å². The lowest BCUT2D eigenvalue weighted by atomic mass is 9.94.